The largest absolute Gasteiger partial charge is 0.480 e. The third-order valence-electron chi connectivity index (χ3n) is 2.62. The molecule has 112 valence electrons. The van der Waals surface area contributed by atoms with Crippen LogP contribution in [0.1, 0.15) is 39.5 Å². The molecule has 0 aromatic heterocycles. The van der Waals surface area contributed by atoms with Crippen LogP contribution in [0.15, 0.2) is 0 Å². The van der Waals surface area contributed by atoms with Gasteiger partial charge in [-0.15, -0.1) is 0 Å². The van der Waals surface area contributed by atoms with Crippen molar-refractivity contribution in [3.8, 4) is 0 Å². The van der Waals surface area contributed by atoms with Gasteiger partial charge in [-0.1, -0.05) is 20.3 Å². The standard InChI is InChI=1S/C13H26N2O3S/c1-10(2)9-11(12(16)17)15-13(18)14-7-5-4-6-8-19-3/h10-11H,4-9H2,1-3H3,(H,16,17)(H2,14,15,18)/t11-/m0/s1. The topological polar surface area (TPSA) is 78.4 Å². The van der Waals surface area contributed by atoms with Crippen molar-refractivity contribution in [2.45, 2.75) is 45.6 Å². The number of nitrogens with one attached hydrogen (secondary N) is 2. The number of hydrogen-bond acceptors (Lipinski definition) is 3. The average Bonchev–Trinajstić information content (AvgIpc) is 2.32. The van der Waals surface area contributed by atoms with Crippen LogP contribution in [0.4, 0.5) is 4.79 Å². The van der Waals surface area contributed by atoms with Crippen molar-refractivity contribution >= 4 is 23.8 Å². The van der Waals surface area contributed by atoms with Gasteiger partial charge in [0.1, 0.15) is 6.04 Å². The lowest BCUT2D eigenvalue weighted by molar-refractivity contribution is -0.139. The molecule has 0 aliphatic heterocycles. The van der Waals surface area contributed by atoms with Crippen molar-refractivity contribution < 1.29 is 14.7 Å². The average molecular weight is 290 g/mol. The zero-order valence-electron chi connectivity index (χ0n) is 12.1. The van der Waals surface area contributed by atoms with E-state index in [2.05, 4.69) is 16.9 Å². The molecule has 2 amide bonds. The molecular formula is C13H26N2O3S. The van der Waals surface area contributed by atoms with Crippen LogP contribution in [-0.2, 0) is 4.79 Å². The fourth-order valence-corrected chi connectivity index (χ4v) is 2.15. The van der Waals surface area contributed by atoms with Gasteiger partial charge in [-0.25, -0.2) is 9.59 Å². The molecule has 0 spiro atoms. The van der Waals surface area contributed by atoms with Gasteiger partial charge in [0.15, 0.2) is 0 Å². The number of unbranched alkanes of at least 4 members (excludes halogenated alkanes) is 2. The highest BCUT2D eigenvalue weighted by Crippen LogP contribution is 2.05. The summed E-state index contributed by atoms with van der Waals surface area (Å²) in [6, 6.07) is -1.20. The van der Waals surface area contributed by atoms with Gasteiger partial charge in [-0.2, -0.15) is 11.8 Å². The molecule has 6 heteroatoms. The number of aliphatic carboxylic acids is 1. The van der Waals surface area contributed by atoms with Crippen LogP contribution in [-0.4, -0.2) is 41.7 Å². The molecule has 0 heterocycles. The van der Waals surface area contributed by atoms with E-state index in [-0.39, 0.29) is 5.92 Å². The first-order chi connectivity index (χ1) is 8.97. The van der Waals surface area contributed by atoms with Crippen LogP contribution in [0.5, 0.6) is 0 Å². The normalized spacial score (nSPS) is 12.2. The van der Waals surface area contributed by atoms with Crippen molar-refractivity contribution in [1.29, 1.82) is 0 Å². The number of carboxylic acids is 1. The molecule has 0 aromatic carbocycles. The van der Waals surface area contributed by atoms with Crippen molar-refractivity contribution in [3.05, 3.63) is 0 Å². The number of carbonyl (C=O) groups excluding carboxylic acids is 1. The van der Waals surface area contributed by atoms with Crippen molar-refractivity contribution in [2.75, 3.05) is 18.6 Å². The van der Waals surface area contributed by atoms with Gasteiger partial charge in [0.05, 0.1) is 0 Å². The highest BCUT2D eigenvalue weighted by atomic mass is 32.2. The van der Waals surface area contributed by atoms with Gasteiger partial charge in [0.25, 0.3) is 0 Å². The number of hydrogen-bond donors (Lipinski definition) is 3. The van der Waals surface area contributed by atoms with E-state index in [1.54, 1.807) is 0 Å². The van der Waals surface area contributed by atoms with E-state index in [9.17, 15) is 9.59 Å². The van der Waals surface area contributed by atoms with Crippen molar-refractivity contribution in [3.63, 3.8) is 0 Å². The monoisotopic (exact) mass is 290 g/mol. The maximum absolute atomic E-state index is 11.5. The maximum Gasteiger partial charge on any atom is 0.326 e. The quantitative estimate of drug-likeness (QED) is 0.540. The molecule has 0 unspecified atom stereocenters. The number of carboxylic acid groups (broad SMARTS) is 1. The minimum Gasteiger partial charge on any atom is -0.480 e. The molecule has 3 N–H and O–H groups in total. The molecule has 0 radical (unpaired) electrons. The van der Waals surface area contributed by atoms with E-state index < -0.39 is 18.0 Å². The lowest BCUT2D eigenvalue weighted by Crippen LogP contribution is -2.46. The minimum atomic E-state index is -0.983. The summed E-state index contributed by atoms with van der Waals surface area (Å²) in [4.78, 5) is 22.5. The summed E-state index contributed by atoms with van der Waals surface area (Å²) < 4.78 is 0. The summed E-state index contributed by atoms with van der Waals surface area (Å²) in [5, 5.41) is 14.2. The van der Waals surface area contributed by atoms with Crippen LogP contribution >= 0.6 is 11.8 Å². The van der Waals surface area contributed by atoms with Gasteiger partial charge < -0.3 is 15.7 Å². The van der Waals surface area contributed by atoms with Crippen LogP contribution in [0, 0.1) is 5.92 Å². The summed E-state index contributed by atoms with van der Waals surface area (Å²) in [5.74, 6) is 0.388. The van der Waals surface area contributed by atoms with Gasteiger partial charge in [-0.3, -0.25) is 0 Å². The van der Waals surface area contributed by atoms with Crippen LogP contribution in [0.25, 0.3) is 0 Å². The molecule has 5 nitrogen and oxygen atoms in total. The molecule has 0 bridgehead atoms. The van der Waals surface area contributed by atoms with E-state index >= 15 is 0 Å². The molecule has 0 fully saturated rings. The van der Waals surface area contributed by atoms with Crippen molar-refractivity contribution in [1.82, 2.24) is 10.6 Å². The first-order valence-electron chi connectivity index (χ1n) is 6.73. The van der Waals surface area contributed by atoms with Gasteiger partial charge in [-0.05, 0) is 37.2 Å². The van der Waals surface area contributed by atoms with Gasteiger partial charge in [0.2, 0.25) is 0 Å². The number of carbonyl (C=O) groups is 2. The minimum absolute atomic E-state index is 0.230. The second-order valence-corrected chi connectivity index (χ2v) is 5.96. The van der Waals surface area contributed by atoms with E-state index in [1.165, 1.54) is 0 Å². The zero-order valence-corrected chi connectivity index (χ0v) is 12.9. The third kappa shape index (κ3) is 10.7. The summed E-state index contributed by atoms with van der Waals surface area (Å²) in [6.07, 6.45) is 5.67. The molecule has 0 aromatic rings. The molecule has 0 aliphatic carbocycles. The number of urea groups is 1. The Hall–Kier alpha value is -0.910. The number of thioether (sulfide) groups is 1. The fraction of sp³-hybridized carbons (Fsp3) is 0.846. The summed E-state index contributed by atoms with van der Waals surface area (Å²) >= 11 is 1.82. The Kier molecular flexibility index (Phi) is 10.4. The Morgan fingerprint density at radius 2 is 1.89 bits per heavy atom. The Bertz CT molecular complexity index is 273. The Morgan fingerprint density at radius 1 is 1.21 bits per heavy atom. The summed E-state index contributed by atoms with van der Waals surface area (Å²) in [6.45, 7) is 4.46. The van der Waals surface area contributed by atoms with E-state index in [0.717, 1.165) is 25.0 Å². The highest BCUT2D eigenvalue weighted by molar-refractivity contribution is 7.98. The number of amides is 2. The molecule has 0 aliphatic rings. The first-order valence-corrected chi connectivity index (χ1v) is 8.12. The zero-order chi connectivity index (χ0) is 14.7. The van der Waals surface area contributed by atoms with Crippen molar-refractivity contribution in [2.24, 2.45) is 5.92 Å². The Balaban J connectivity index is 3.78. The lowest BCUT2D eigenvalue weighted by Gasteiger charge is -2.16. The number of rotatable bonds is 10. The van der Waals surface area contributed by atoms with Crippen LogP contribution < -0.4 is 10.6 Å². The Labute approximate surface area is 119 Å². The molecule has 0 saturated carbocycles. The molecule has 0 rings (SSSR count). The third-order valence-corrected chi connectivity index (χ3v) is 3.32. The second-order valence-electron chi connectivity index (χ2n) is 4.97. The summed E-state index contributed by atoms with van der Waals surface area (Å²) in [5.41, 5.74) is 0. The van der Waals surface area contributed by atoms with E-state index in [1.807, 2.05) is 25.6 Å². The predicted octanol–water partition coefficient (Wildman–Crippen LogP) is 2.32. The smallest absolute Gasteiger partial charge is 0.326 e. The highest BCUT2D eigenvalue weighted by Gasteiger charge is 2.20. The predicted molar refractivity (Wildman–Crippen MR) is 79.6 cm³/mol. The Morgan fingerprint density at radius 3 is 2.42 bits per heavy atom. The van der Waals surface area contributed by atoms with Crippen LogP contribution in [0.3, 0.4) is 0 Å². The van der Waals surface area contributed by atoms with E-state index in [0.29, 0.717) is 13.0 Å². The molecule has 0 saturated heterocycles. The van der Waals surface area contributed by atoms with Crippen LogP contribution in [0.2, 0.25) is 0 Å². The maximum atomic E-state index is 11.5. The lowest BCUT2D eigenvalue weighted by atomic mass is 10.0. The van der Waals surface area contributed by atoms with E-state index in [4.69, 9.17) is 5.11 Å². The first kappa shape index (κ1) is 18.1. The van der Waals surface area contributed by atoms with Gasteiger partial charge >= 0.3 is 12.0 Å². The SMILES string of the molecule is CSCCCCCNC(=O)N[C@@H](CC(C)C)C(=O)O. The molecule has 1 atom stereocenters. The summed E-state index contributed by atoms with van der Waals surface area (Å²) in [7, 11) is 0. The molecule has 19 heavy (non-hydrogen) atoms. The molecular weight excluding hydrogens is 264 g/mol. The fourth-order valence-electron chi connectivity index (χ4n) is 1.65. The van der Waals surface area contributed by atoms with Gasteiger partial charge in [0, 0.05) is 6.54 Å². The second kappa shape index (κ2) is 11.0.